The Morgan fingerprint density at radius 2 is 1.95 bits per heavy atom. The molecule has 1 saturated heterocycles. The summed E-state index contributed by atoms with van der Waals surface area (Å²) in [5.74, 6) is 0.145. The maximum Gasteiger partial charge on any atom is 0.214 e. The Labute approximate surface area is 120 Å². The van der Waals surface area contributed by atoms with Gasteiger partial charge in [-0.05, 0) is 13.3 Å². The number of piperazine rings is 1. The second kappa shape index (κ2) is 7.49. The topological polar surface area (TPSA) is 75.9 Å². The first kappa shape index (κ1) is 16.8. The van der Waals surface area contributed by atoms with Gasteiger partial charge >= 0.3 is 0 Å². The van der Waals surface area contributed by atoms with Crippen molar-refractivity contribution in [2.24, 2.45) is 5.73 Å². The van der Waals surface area contributed by atoms with Crippen LogP contribution in [0.2, 0.25) is 0 Å². The molecule has 19 heavy (non-hydrogen) atoms. The number of rotatable bonds is 7. The summed E-state index contributed by atoms with van der Waals surface area (Å²) < 4.78 is 30.6. The van der Waals surface area contributed by atoms with E-state index in [9.17, 15) is 8.42 Å². The van der Waals surface area contributed by atoms with Crippen molar-refractivity contribution in [1.29, 1.82) is 0 Å². The van der Waals surface area contributed by atoms with Crippen LogP contribution < -0.4 is 5.73 Å². The number of nitrogens with two attached hydrogens (primary N) is 1. The third-order valence-electron chi connectivity index (χ3n) is 3.38. The van der Waals surface area contributed by atoms with Gasteiger partial charge in [0.1, 0.15) is 0 Å². The first-order valence-electron chi connectivity index (χ1n) is 6.38. The number of ether oxygens (including phenoxy) is 1. The van der Waals surface area contributed by atoms with E-state index in [1.54, 1.807) is 11.4 Å². The molecule has 1 atom stereocenters. The molecule has 6 nitrogen and oxygen atoms in total. The maximum atomic E-state index is 12.1. The van der Waals surface area contributed by atoms with Crippen LogP contribution >= 0.6 is 12.2 Å². The molecule has 0 radical (unpaired) electrons. The highest BCUT2D eigenvalue weighted by atomic mass is 32.2. The van der Waals surface area contributed by atoms with Crippen LogP contribution in [-0.2, 0) is 14.8 Å². The number of methoxy groups -OCH3 is 1. The van der Waals surface area contributed by atoms with Crippen molar-refractivity contribution in [3.63, 3.8) is 0 Å². The average molecular weight is 309 g/mol. The maximum absolute atomic E-state index is 12.1. The summed E-state index contributed by atoms with van der Waals surface area (Å²) in [7, 11) is -1.59. The monoisotopic (exact) mass is 309 g/mol. The van der Waals surface area contributed by atoms with Crippen LogP contribution in [-0.4, -0.2) is 74.3 Å². The highest BCUT2D eigenvalue weighted by Gasteiger charge is 2.28. The molecule has 1 heterocycles. The van der Waals surface area contributed by atoms with Crippen LogP contribution in [0.3, 0.4) is 0 Å². The fraction of sp³-hybridized carbons (Fsp3) is 0.909. The minimum absolute atomic E-state index is 0.0216. The van der Waals surface area contributed by atoms with Gasteiger partial charge in [0.15, 0.2) is 0 Å². The molecule has 1 rings (SSSR count). The lowest BCUT2D eigenvalue weighted by Crippen LogP contribution is -2.54. The van der Waals surface area contributed by atoms with Crippen molar-refractivity contribution in [3.8, 4) is 0 Å². The third kappa shape index (κ3) is 4.96. The molecule has 0 aromatic carbocycles. The lowest BCUT2D eigenvalue weighted by Gasteiger charge is -2.37. The lowest BCUT2D eigenvalue weighted by molar-refractivity contribution is 0.173. The zero-order chi connectivity index (χ0) is 14.5. The van der Waals surface area contributed by atoms with Gasteiger partial charge in [-0.1, -0.05) is 12.2 Å². The summed E-state index contributed by atoms with van der Waals surface area (Å²) in [5, 5.41) is 0. The van der Waals surface area contributed by atoms with Gasteiger partial charge in [0.2, 0.25) is 10.0 Å². The summed E-state index contributed by atoms with van der Waals surface area (Å²) >= 11 is 4.96. The summed E-state index contributed by atoms with van der Waals surface area (Å²) in [6.45, 7) is 4.76. The van der Waals surface area contributed by atoms with Gasteiger partial charge in [0.05, 0.1) is 16.8 Å². The van der Waals surface area contributed by atoms with Crippen molar-refractivity contribution in [3.05, 3.63) is 0 Å². The van der Waals surface area contributed by atoms with Gasteiger partial charge in [0.25, 0.3) is 0 Å². The van der Waals surface area contributed by atoms with Gasteiger partial charge in [-0.3, -0.25) is 4.90 Å². The quantitative estimate of drug-likeness (QED) is 0.511. The largest absolute Gasteiger partial charge is 0.392 e. The molecule has 2 N–H and O–H groups in total. The highest BCUT2D eigenvalue weighted by molar-refractivity contribution is 7.89. The molecule has 0 aromatic heterocycles. The van der Waals surface area contributed by atoms with E-state index in [4.69, 9.17) is 22.7 Å². The van der Waals surface area contributed by atoms with Gasteiger partial charge in [-0.25, -0.2) is 8.42 Å². The molecule has 1 aliphatic heterocycles. The van der Waals surface area contributed by atoms with E-state index in [2.05, 4.69) is 4.90 Å². The smallest absolute Gasteiger partial charge is 0.214 e. The molecule has 8 heteroatoms. The molecule has 0 aliphatic carbocycles. The van der Waals surface area contributed by atoms with E-state index in [-0.39, 0.29) is 11.8 Å². The van der Waals surface area contributed by atoms with Crippen LogP contribution in [0, 0.1) is 0 Å². The highest BCUT2D eigenvalue weighted by Crippen LogP contribution is 2.11. The molecule has 0 amide bonds. The lowest BCUT2D eigenvalue weighted by atomic mass is 10.2. The number of hydrogen-bond donors (Lipinski definition) is 1. The van der Waals surface area contributed by atoms with Crippen LogP contribution in [0.5, 0.6) is 0 Å². The van der Waals surface area contributed by atoms with E-state index in [1.807, 2.05) is 6.92 Å². The van der Waals surface area contributed by atoms with Gasteiger partial charge in [0, 0.05) is 39.9 Å². The second-order valence-electron chi connectivity index (χ2n) is 4.68. The molecule has 0 aromatic rings. The van der Waals surface area contributed by atoms with E-state index in [0.717, 1.165) is 0 Å². The van der Waals surface area contributed by atoms with Crippen LogP contribution in [0.25, 0.3) is 0 Å². The molecule has 0 bridgehead atoms. The molecular formula is C11H23N3O3S2. The van der Waals surface area contributed by atoms with Crippen molar-refractivity contribution in [2.75, 3.05) is 45.6 Å². The Kier molecular flexibility index (Phi) is 6.61. The molecule has 0 saturated carbocycles. The van der Waals surface area contributed by atoms with E-state index in [1.165, 1.54) is 0 Å². The Hall–Kier alpha value is -0.280. The molecule has 1 unspecified atom stereocenters. The summed E-state index contributed by atoms with van der Waals surface area (Å²) in [4.78, 5) is 2.57. The summed E-state index contributed by atoms with van der Waals surface area (Å²) in [6.07, 6.45) is 0.530. The standard InChI is InChI=1S/C11H23N3O3S2/c1-10(11(12)18)13-4-6-14(7-5-13)19(15,16)9-3-8-17-2/h10H,3-9H2,1-2H3,(H2,12,18). The molecule has 1 aliphatic rings. The van der Waals surface area contributed by atoms with Crippen LogP contribution in [0.15, 0.2) is 0 Å². The predicted molar refractivity (Wildman–Crippen MR) is 79.7 cm³/mol. The number of sulfonamides is 1. The molecule has 112 valence electrons. The fourth-order valence-electron chi connectivity index (χ4n) is 2.06. The first-order valence-corrected chi connectivity index (χ1v) is 8.40. The summed E-state index contributed by atoms with van der Waals surface area (Å²) in [5.41, 5.74) is 5.61. The van der Waals surface area contributed by atoms with Crippen molar-refractivity contribution in [2.45, 2.75) is 19.4 Å². The van der Waals surface area contributed by atoms with Crippen molar-refractivity contribution < 1.29 is 13.2 Å². The minimum atomic E-state index is -3.16. The van der Waals surface area contributed by atoms with Gasteiger partial charge in [-0.15, -0.1) is 0 Å². The molecular weight excluding hydrogens is 286 g/mol. The molecule has 1 fully saturated rings. The first-order chi connectivity index (χ1) is 8.88. The number of thiocarbonyl (C=S) groups is 1. The number of hydrogen-bond acceptors (Lipinski definition) is 5. The van der Waals surface area contributed by atoms with Crippen LogP contribution in [0.4, 0.5) is 0 Å². The van der Waals surface area contributed by atoms with Crippen LogP contribution in [0.1, 0.15) is 13.3 Å². The average Bonchev–Trinajstić information content (AvgIpc) is 2.38. The zero-order valence-corrected chi connectivity index (χ0v) is 13.2. The van der Waals surface area contributed by atoms with Gasteiger partial charge in [-0.2, -0.15) is 4.31 Å². The number of nitrogens with zero attached hydrogens (tertiary/aromatic N) is 2. The zero-order valence-electron chi connectivity index (χ0n) is 11.5. The van der Waals surface area contributed by atoms with E-state index >= 15 is 0 Å². The van der Waals surface area contributed by atoms with Crippen molar-refractivity contribution >= 4 is 27.2 Å². The normalized spacial score (nSPS) is 20.3. The van der Waals surface area contributed by atoms with Crippen molar-refractivity contribution in [1.82, 2.24) is 9.21 Å². The Balaban J connectivity index is 2.46. The SMILES string of the molecule is COCCCS(=O)(=O)N1CCN(C(C)C(N)=S)CC1. The summed E-state index contributed by atoms with van der Waals surface area (Å²) in [6, 6.07) is 0.0216. The Bertz CT molecular complexity index is 392. The minimum Gasteiger partial charge on any atom is -0.392 e. The Morgan fingerprint density at radius 3 is 2.42 bits per heavy atom. The second-order valence-corrected chi connectivity index (χ2v) is 7.24. The fourth-order valence-corrected chi connectivity index (χ4v) is 3.67. The van der Waals surface area contributed by atoms with E-state index < -0.39 is 10.0 Å². The van der Waals surface area contributed by atoms with Gasteiger partial charge < -0.3 is 10.5 Å². The Morgan fingerprint density at radius 1 is 1.37 bits per heavy atom. The predicted octanol–water partition coefficient (Wildman–Crippen LogP) is -0.355. The van der Waals surface area contributed by atoms with E-state index in [0.29, 0.717) is 44.2 Å². The molecule has 0 spiro atoms. The third-order valence-corrected chi connectivity index (χ3v) is 5.67.